The van der Waals surface area contributed by atoms with Crippen LogP contribution in [0.5, 0.6) is 5.75 Å². The molecule has 0 aliphatic rings. The highest BCUT2D eigenvalue weighted by Gasteiger charge is 2.07. The van der Waals surface area contributed by atoms with E-state index in [2.05, 4.69) is 22.0 Å². The lowest BCUT2D eigenvalue weighted by atomic mass is 10.2. The predicted octanol–water partition coefficient (Wildman–Crippen LogP) is 3.76. The molecule has 0 radical (unpaired) electrons. The van der Waals surface area contributed by atoms with Gasteiger partial charge in [-0.25, -0.2) is 0 Å². The lowest BCUT2D eigenvalue weighted by Gasteiger charge is -2.10. The Morgan fingerprint density at radius 1 is 1.44 bits per heavy atom. The molecule has 1 aromatic carbocycles. The summed E-state index contributed by atoms with van der Waals surface area (Å²) >= 11 is 9.16. The number of hydrogen-bond acceptors (Lipinski definition) is 3. The summed E-state index contributed by atoms with van der Waals surface area (Å²) in [6.45, 7) is 0.548. The molecule has 0 aliphatic heterocycles. The normalized spacial score (nSPS) is 9.81. The minimum atomic E-state index is 0.514. The van der Waals surface area contributed by atoms with Gasteiger partial charge in [0.25, 0.3) is 0 Å². The van der Waals surface area contributed by atoms with Gasteiger partial charge in [-0.3, -0.25) is 0 Å². The highest BCUT2D eigenvalue weighted by molar-refractivity contribution is 9.10. The van der Waals surface area contributed by atoms with Gasteiger partial charge in [0.05, 0.1) is 22.8 Å². The summed E-state index contributed by atoms with van der Waals surface area (Å²) in [5, 5.41) is 8.94. The van der Waals surface area contributed by atoms with Crippen LogP contribution in [-0.4, -0.2) is 6.61 Å². The number of nitrogens with two attached hydrogens (primary N) is 1. The Morgan fingerprint density at radius 3 is 2.81 bits per heavy atom. The molecule has 0 unspecified atom stereocenters. The van der Waals surface area contributed by atoms with Crippen molar-refractivity contribution in [1.82, 2.24) is 0 Å². The zero-order valence-electron chi connectivity index (χ0n) is 8.67. The quantitative estimate of drug-likeness (QED) is 0.665. The summed E-state index contributed by atoms with van der Waals surface area (Å²) in [4.78, 5) is 0. The van der Waals surface area contributed by atoms with Crippen molar-refractivity contribution in [3.63, 3.8) is 0 Å². The van der Waals surface area contributed by atoms with Crippen LogP contribution in [0, 0.1) is 11.3 Å². The standard InChI is InChI=1S/C11H12BrClN2O/c12-9-6-8(13)7-10(15)11(9)16-5-3-1-2-4-14/h6-7H,1-3,5,15H2. The van der Waals surface area contributed by atoms with Crippen LogP contribution in [0.3, 0.4) is 0 Å². The molecule has 0 heterocycles. The van der Waals surface area contributed by atoms with E-state index in [1.807, 2.05) is 0 Å². The first-order chi connectivity index (χ1) is 7.65. The molecule has 0 saturated heterocycles. The Bertz CT molecular complexity index is 380. The average molecular weight is 304 g/mol. The lowest BCUT2D eigenvalue weighted by Crippen LogP contribution is -2.01. The Labute approximate surface area is 108 Å². The molecule has 0 bridgehead atoms. The van der Waals surface area contributed by atoms with Crippen molar-refractivity contribution in [3.8, 4) is 11.8 Å². The minimum Gasteiger partial charge on any atom is -0.490 e. The zero-order chi connectivity index (χ0) is 12.0. The van der Waals surface area contributed by atoms with Crippen LogP contribution in [0.15, 0.2) is 16.6 Å². The monoisotopic (exact) mass is 302 g/mol. The lowest BCUT2D eigenvalue weighted by molar-refractivity contribution is 0.307. The first-order valence-electron chi connectivity index (χ1n) is 4.89. The van der Waals surface area contributed by atoms with Gasteiger partial charge in [-0.1, -0.05) is 11.6 Å². The SMILES string of the molecule is N#CCCCCOc1c(N)cc(Cl)cc1Br. The fourth-order valence-electron chi connectivity index (χ4n) is 1.21. The molecule has 0 amide bonds. The Morgan fingerprint density at radius 2 is 2.19 bits per heavy atom. The van der Waals surface area contributed by atoms with Gasteiger partial charge < -0.3 is 10.5 Å². The number of benzene rings is 1. The molecule has 16 heavy (non-hydrogen) atoms. The van der Waals surface area contributed by atoms with E-state index in [9.17, 15) is 0 Å². The molecular weight excluding hydrogens is 291 g/mol. The van der Waals surface area contributed by atoms with Crippen molar-refractivity contribution in [1.29, 1.82) is 5.26 Å². The van der Waals surface area contributed by atoms with Gasteiger partial charge in [0.1, 0.15) is 0 Å². The zero-order valence-corrected chi connectivity index (χ0v) is 11.0. The van der Waals surface area contributed by atoms with Gasteiger partial charge in [0.2, 0.25) is 0 Å². The van der Waals surface area contributed by atoms with Crippen LogP contribution in [0.4, 0.5) is 5.69 Å². The first-order valence-corrected chi connectivity index (χ1v) is 6.06. The number of nitrogen functional groups attached to an aromatic ring is 1. The third-order valence-corrected chi connectivity index (χ3v) is 2.77. The molecule has 0 atom stereocenters. The van der Waals surface area contributed by atoms with E-state index in [1.54, 1.807) is 12.1 Å². The number of nitriles is 1. The van der Waals surface area contributed by atoms with Crippen molar-refractivity contribution < 1.29 is 4.74 Å². The topological polar surface area (TPSA) is 59.0 Å². The summed E-state index contributed by atoms with van der Waals surface area (Å²) in [7, 11) is 0. The first kappa shape index (κ1) is 13.1. The number of nitrogens with zero attached hydrogens (tertiary/aromatic N) is 1. The molecular formula is C11H12BrClN2O. The summed E-state index contributed by atoms with van der Waals surface area (Å²) in [5.41, 5.74) is 6.28. The highest BCUT2D eigenvalue weighted by atomic mass is 79.9. The van der Waals surface area contributed by atoms with Crippen molar-refractivity contribution in [2.45, 2.75) is 19.3 Å². The van der Waals surface area contributed by atoms with E-state index in [0.29, 0.717) is 29.5 Å². The maximum absolute atomic E-state index is 8.37. The van der Waals surface area contributed by atoms with Crippen LogP contribution in [0.25, 0.3) is 0 Å². The number of anilines is 1. The molecule has 2 N–H and O–H groups in total. The fraction of sp³-hybridized carbons (Fsp3) is 0.364. The highest BCUT2D eigenvalue weighted by Crippen LogP contribution is 2.34. The van der Waals surface area contributed by atoms with Gasteiger partial charge in [0, 0.05) is 11.4 Å². The van der Waals surface area contributed by atoms with Gasteiger partial charge in [-0.2, -0.15) is 5.26 Å². The predicted molar refractivity (Wildman–Crippen MR) is 68.5 cm³/mol. The molecule has 0 aliphatic carbocycles. The number of hydrogen-bond donors (Lipinski definition) is 1. The smallest absolute Gasteiger partial charge is 0.156 e. The van der Waals surface area contributed by atoms with E-state index >= 15 is 0 Å². The second kappa shape index (κ2) is 6.62. The third-order valence-electron chi connectivity index (χ3n) is 1.97. The number of halogens is 2. The van der Waals surface area contributed by atoms with Crippen LogP contribution < -0.4 is 10.5 Å². The summed E-state index contributed by atoms with van der Waals surface area (Å²) in [5.74, 6) is 0.612. The molecule has 3 nitrogen and oxygen atoms in total. The van der Waals surface area contributed by atoms with Gasteiger partial charge >= 0.3 is 0 Å². The molecule has 0 aromatic heterocycles. The number of ether oxygens (including phenoxy) is 1. The van der Waals surface area contributed by atoms with Crippen LogP contribution in [-0.2, 0) is 0 Å². The number of rotatable bonds is 5. The maximum atomic E-state index is 8.37. The largest absolute Gasteiger partial charge is 0.490 e. The molecule has 0 saturated carbocycles. The van der Waals surface area contributed by atoms with Crippen molar-refractivity contribution in [2.75, 3.05) is 12.3 Å². The minimum absolute atomic E-state index is 0.514. The van der Waals surface area contributed by atoms with Gasteiger partial charge in [0.15, 0.2) is 5.75 Å². The van der Waals surface area contributed by atoms with Gasteiger partial charge in [-0.05, 0) is 40.9 Å². The van der Waals surface area contributed by atoms with Crippen LogP contribution >= 0.6 is 27.5 Å². The maximum Gasteiger partial charge on any atom is 0.156 e. The molecule has 5 heteroatoms. The van der Waals surface area contributed by atoms with E-state index in [0.717, 1.165) is 17.3 Å². The molecule has 1 rings (SSSR count). The Kier molecular flexibility index (Phi) is 5.44. The Hall–Kier alpha value is -0.920. The fourth-order valence-corrected chi connectivity index (χ4v) is 2.16. The average Bonchev–Trinajstić information content (AvgIpc) is 2.20. The van der Waals surface area contributed by atoms with Crippen molar-refractivity contribution in [2.24, 2.45) is 0 Å². The molecule has 0 fully saturated rings. The third kappa shape index (κ3) is 3.92. The van der Waals surface area contributed by atoms with Crippen LogP contribution in [0.2, 0.25) is 5.02 Å². The molecule has 1 aromatic rings. The summed E-state index contributed by atoms with van der Waals surface area (Å²) < 4.78 is 6.28. The van der Waals surface area contributed by atoms with E-state index in [-0.39, 0.29) is 0 Å². The van der Waals surface area contributed by atoms with E-state index < -0.39 is 0 Å². The van der Waals surface area contributed by atoms with Crippen molar-refractivity contribution >= 4 is 33.2 Å². The second-order valence-corrected chi connectivity index (χ2v) is 4.56. The summed E-state index contributed by atoms with van der Waals surface area (Å²) in [6, 6.07) is 5.48. The van der Waals surface area contributed by atoms with E-state index in [4.69, 9.17) is 27.3 Å². The number of unbranched alkanes of at least 4 members (excludes halogenated alkanes) is 2. The van der Waals surface area contributed by atoms with Crippen molar-refractivity contribution in [3.05, 3.63) is 21.6 Å². The second-order valence-electron chi connectivity index (χ2n) is 3.27. The van der Waals surface area contributed by atoms with Crippen LogP contribution in [0.1, 0.15) is 19.3 Å². The molecule has 0 spiro atoms. The summed E-state index contributed by atoms with van der Waals surface area (Å²) in [6.07, 6.45) is 2.23. The Balaban J connectivity index is 2.51. The molecule has 86 valence electrons. The van der Waals surface area contributed by atoms with Gasteiger partial charge in [-0.15, -0.1) is 0 Å². The van der Waals surface area contributed by atoms with E-state index in [1.165, 1.54) is 0 Å².